The van der Waals surface area contributed by atoms with Gasteiger partial charge in [0, 0.05) is 6.20 Å². The molecule has 2 N–H and O–H groups in total. The summed E-state index contributed by atoms with van der Waals surface area (Å²) < 4.78 is 28.8. The van der Waals surface area contributed by atoms with Crippen LogP contribution >= 0.6 is 0 Å². The van der Waals surface area contributed by atoms with Crippen molar-refractivity contribution in [2.24, 2.45) is 0 Å². The smallest absolute Gasteiger partial charge is 0.207 e. The van der Waals surface area contributed by atoms with Gasteiger partial charge >= 0.3 is 0 Å². The van der Waals surface area contributed by atoms with E-state index < -0.39 is 11.6 Å². The summed E-state index contributed by atoms with van der Waals surface area (Å²) in [6.07, 6.45) is 1.60. The molecule has 6 heteroatoms. The third-order valence-electron chi connectivity index (χ3n) is 2.82. The van der Waals surface area contributed by atoms with E-state index in [0.717, 1.165) is 17.7 Å². The number of fused-ring (bicyclic) bond motifs is 1. The van der Waals surface area contributed by atoms with E-state index in [2.05, 4.69) is 9.97 Å². The first kappa shape index (κ1) is 11.6. The van der Waals surface area contributed by atoms with Crippen LogP contribution in [0.4, 0.5) is 14.7 Å². The van der Waals surface area contributed by atoms with Gasteiger partial charge in [0.05, 0.1) is 0 Å². The standard InChI is InChI=1S/C13H10F2N4/c1-7-5-10-12(17-6-7)19(13(16)18-10)11-8(14)3-2-4-9(11)15/h2-6H,1H3,(H2,16,18). The quantitative estimate of drug-likeness (QED) is 0.731. The fourth-order valence-corrected chi connectivity index (χ4v) is 2.01. The maximum Gasteiger partial charge on any atom is 0.207 e. The minimum absolute atomic E-state index is 0.00269. The lowest BCUT2D eigenvalue weighted by atomic mass is 10.2. The van der Waals surface area contributed by atoms with E-state index in [1.165, 1.54) is 10.6 Å². The van der Waals surface area contributed by atoms with E-state index in [1.54, 1.807) is 12.3 Å². The Morgan fingerprint density at radius 1 is 1.21 bits per heavy atom. The highest BCUT2D eigenvalue weighted by Crippen LogP contribution is 2.25. The number of halogens is 2. The summed E-state index contributed by atoms with van der Waals surface area (Å²) in [6, 6.07) is 5.38. The van der Waals surface area contributed by atoms with E-state index in [4.69, 9.17) is 5.73 Å². The second-order valence-corrected chi connectivity index (χ2v) is 4.23. The average molecular weight is 260 g/mol. The molecule has 96 valence electrons. The van der Waals surface area contributed by atoms with Gasteiger partial charge in [0.2, 0.25) is 5.95 Å². The molecule has 0 aliphatic carbocycles. The van der Waals surface area contributed by atoms with Crippen LogP contribution in [0, 0.1) is 18.6 Å². The zero-order valence-electron chi connectivity index (χ0n) is 10.1. The first-order valence-electron chi connectivity index (χ1n) is 5.63. The molecule has 0 spiro atoms. The molecule has 2 aromatic heterocycles. The van der Waals surface area contributed by atoms with Gasteiger partial charge in [-0.1, -0.05) is 6.07 Å². The molecular weight excluding hydrogens is 250 g/mol. The number of para-hydroxylation sites is 1. The molecule has 1 aromatic carbocycles. The SMILES string of the molecule is Cc1cnc2c(c1)nc(N)n2-c1c(F)cccc1F. The van der Waals surface area contributed by atoms with Crippen molar-refractivity contribution in [2.45, 2.75) is 6.92 Å². The number of benzene rings is 1. The molecule has 0 unspecified atom stereocenters. The summed E-state index contributed by atoms with van der Waals surface area (Å²) in [5.74, 6) is -1.43. The molecule has 19 heavy (non-hydrogen) atoms. The molecule has 0 saturated heterocycles. The molecule has 0 bridgehead atoms. The van der Waals surface area contributed by atoms with E-state index in [1.807, 2.05) is 6.92 Å². The summed E-state index contributed by atoms with van der Waals surface area (Å²) in [5, 5.41) is 0. The van der Waals surface area contributed by atoms with Crippen LogP contribution in [0.25, 0.3) is 16.9 Å². The first-order chi connectivity index (χ1) is 9.08. The summed E-state index contributed by atoms with van der Waals surface area (Å²) >= 11 is 0. The second kappa shape index (κ2) is 4.01. The van der Waals surface area contributed by atoms with Crippen LogP contribution in [0.15, 0.2) is 30.5 Å². The minimum atomic E-state index is -0.714. The lowest BCUT2D eigenvalue weighted by Gasteiger charge is -2.08. The predicted molar refractivity (Wildman–Crippen MR) is 67.9 cm³/mol. The van der Waals surface area contributed by atoms with Gasteiger partial charge in [0.15, 0.2) is 5.65 Å². The van der Waals surface area contributed by atoms with Crippen molar-refractivity contribution >= 4 is 17.1 Å². The third kappa shape index (κ3) is 1.72. The number of imidazole rings is 1. The molecule has 0 atom stereocenters. The Labute approximate surface area is 107 Å². The summed E-state index contributed by atoms with van der Waals surface area (Å²) in [5.41, 5.74) is 7.21. The Hall–Kier alpha value is -2.50. The fraction of sp³-hybridized carbons (Fsp3) is 0.0769. The van der Waals surface area contributed by atoms with Crippen LogP contribution in [-0.2, 0) is 0 Å². The number of hydrogen-bond acceptors (Lipinski definition) is 3. The van der Waals surface area contributed by atoms with Gasteiger partial charge in [-0.15, -0.1) is 0 Å². The normalized spacial score (nSPS) is 11.1. The molecular formula is C13H10F2N4. The van der Waals surface area contributed by atoms with Crippen molar-refractivity contribution in [3.05, 3.63) is 47.7 Å². The highest BCUT2D eigenvalue weighted by Gasteiger charge is 2.18. The first-order valence-corrected chi connectivity index (χ1v) is 5.63. The zero-order valence-corrected chi connectivity index (χ0v) is 10.1. The van der Waals surface area contributed by atoms with Gasteiger partial charge in [-0.25, -0.2) is 18.7 Å². The van der Waals surface area contributed by atoms with Crippen molar-refractivity contribution in [1.82, 2.24) is 14.5 Å². The van der Waals surface area contributed by atoms with Gasteiger partial charge in [0.1, 0.15) is 22.8 Å². The van der Waals surface area contributed by atoms with Crippen molar-refractivity contribution in [3.8, 4) is 5.69 Å². The van der Waals surface area contributed by atoms with Crippen LogP contribution in [0.3, 0.4) is 0 Å². The highest BCUT2D eigenvalue weighted by molar-refractivity contribution is 5.77. The van der Waals surface area contributed by atoms with E-state index in [9.17, 15) is 8.78 Å². The van der Waals surface area contributed by atoms with Gasteiger partial charge in [0.25, 0.3) is 0 Å². The van der Waals surface area contributed by atoms with Crippen molar-refractivity contribution < 1.29 is 8.78 Å². The maximum atomic E-state index is 13.8. The molecule has 0 aliphatic heterocycles. The summed E-state index contributed by atoms with van der Waals surface area (Å²) in [6.45, 7) is 1.85. The maximum absolute atomic E-state index is 13.8. The molecule has 0 amide bonds. The number of rotatable bonds is 1. The molecule has 0 radical (unpaired) electrons. The van der Waals surface area contributed by atoms with Crippen LogP contribution in [-0.4, -0.2) is 14.5 Å². The molecule has 0 aliphatic rings. The lowest BCUT2D eigenvalue weighted by molar-refractivity contribution is 0.571. The molecule has 0 fully saturated rings. The number of nitrogen functional groups attached to an aromatic ring is 1. The lowest BCUT2D eigenvalue weighted by Crippen LogP contribution is -2.06. The van der Waals surface area contributed by atoms with Crippen LogP contribution in [0.2, 0.25) is 0 Å². The Morgan fingerprint density at radius 2 is 1.89 bits per heavy atom. The summed E-state index contributed by atoms with van der Waals surface area (Å²) in [7, 11) is 0. The molecule has 3 rings (SSSR count). The van der Waals surface area contributed by atoms with Crippen LogP contribution < -0.4 is 5.73 Å². The number of hydrogen-bond donors (Lipinski definition) is 1. The number of nitrogens with two attached hydrogens (primary N) is 1. The largest absolute Gasteiger partial charge is 0.369 e. The van der Waals surface area contributed by atoms with E-state index in [0.29, 0.717) is 11.2 Å². The van der Waals surface area contributed by atoms with Crippen molar-refractivity contribution in [2.75, 3.05) is 5.73 Å². The number of anilines is 1. The van der Waals surface area contributed by atoms with Crippen LogP contribution in [0.5, 0.6) is 0 Å². The zero-order chi connectivity index (χ0) is 13.6. The minimum Gasteiger partial charge on any atom is -0.369 e. The fourth-order valence-electron chi connectivity index (χ4n) is 2.01. The molecule has 2 heterocycles. The highest BCUT2D eigenvalue weighted by atomic mass is 19.1. The second-order valence-electron chi connectivity index (χ2n) is 4.23. The van der Waals surface area contributed by atoms with Crippen molar-refractivity contribution in [1.29, 1.82) is 0 Å². The Kier molecular flexibility index (Phi) is 2.45. The monoisotopic (exact) mass is 260 g/mol. The van der Waals surface area contributed by atoms with E-state index >= 15 is 0 Å². The number of aryl methyl sites for hydroxylation is 1. The van der Waals surface area contributed by atoms with Crippen LogP contribution in [0.1, 0.15) is 5.56 Å². The number of pyridine rings is 1. The summed E-state index contributed by atoms with van der Waals surface area (Å²) in [4.78, 5) is 8.22. The van der Waals surface area contributed by atoms with Gasteiger partial charge in [-0.3, -0.25) is 4.57 Å². The predicted octanol–water partition coefficient (Wildman–Crippen LogP) is 2.59. The topological polar surface area (TPSA) is 56.7 Å². The van der Waals surface area contributed by atoms with Crippen molar-refractivity contribution in [3.63, 3.8) is 0 Å². The molecule has 0 saturated carbocycles. The van der Waals surface area contributed by atoms with E-state index in [-0.39, 0.29) is 11.6 Å². The van der Waals surface area contributed by atoms with Gasteiger partial charge in [-0.2, -0.15) is 0 Å². The van der Waals surface area contributed by atoms with Gasteiger partial charge in [-0.05, 0) is 30.7 Å². The van der Waals surface area contributed by atoms with Gasteiger partial charge < -0.3 is 5.73 Å². The molecule has 4 nitrogen and oxygen atoms in total. The molecule has 3 aromatic rings. The average Bonchev–Trinajstić information content (AvgIpc) is 2.65. The number of nitrogens with zero attached hydrogens (tertiary/aromatic N) is 3. The third-order valence-corrected chi connectivity index (χ3v) is 2.82. The Morgan fingerprint density at radius 3 is 2.58 bits per heavy atom. The Balaban J connectivity index is 2.40. The Bertz CT molecular complexity index is 759. The number of aromatic nitrogens is 3.